The van der Waals surface area contributed by atoms with E-state index in [1.54, 1.807) is 18.0 Å². The Morgan fingerprint density at radius 1 is 1.03 bits per heavy atom. The molecule has 0 aliphatic heterocycles. The number of amides is 2. The van der Waals surface area contributed by atoms with Crippen LogP contribution >= 0.6 is 0 Å². The van der Waals surface area contributed by atoms with Crippen LogP contribution in [0.15, 0.2) is 60.7 Å². The normalized spacial score (nSPS) is 12.8. The maximum Gasteiger partial charge on any atom is 0.409 e. The standard InChI is InChI=1S/C23H21FN4O3/c1-28(19-9-14-5-2-3-6-15(14)10-19)22(29)20-12-18(26-23(30)31)13-21(27-20)25-17-8-4-7-16(24)11-17/h2-8,11-13,19H,9-10H2,1H3,(H,30,31)(H2,25,26,27). The van der Waals surface area contributed by atoms with E-state index in [2.05, 4.69) is 27.8 Å². The summed E-state index contributed by atoms with van der Waals surface area (Å²) >= 11 is 0. The number of anilines is 3. The van der Waals surface area contributed by atoms with Gasteiger partial charge in [0.25, 0.3) is 5.91 Å². The number of carbonyl (C=O) groups is 2. The third-order valence-corrected chi connectivity index (χ3v) is 5.29. The Hall–Kier alpha value is -3.94. The van der Waals surface area contributed by atoms with Gasteiger partial charge in [0.15, 0.2) is 0 Å². The van der Waals surface area contributed by atoms with E-state index in [1.165, 1.54) is 41.5 Å². The molecule has 0 saturated heterocycles. The minimum Gasteiger partial charge on any atom is -0.465 e. The lowest BCUT2D eigenvalue weighted by Gasteiger charge is -2.24. The van der Waals surface area contributed by atoms with Crippen molar-refractivity contribution in [3.05, 3.63) is 83.3 Å². The van der Waals surface area contributed by atoms with E-state index in [-0.39, 0.29) is 29.1 Å². The fourth-order valence-electron chi connectivity index (χ4n) is 3.77. The summed E-state index contributed by atoms with van der Waals surface area (Å²) in [7, 11) is 1.72. The van der Waals surface area contributed by atoms with Crippen LogP contribution in [-0.2, 0) is 12.8 Å². The van der Waals surface area contributed by atoms with E-state index in [9.17, 15) is 14.0 Å². The third-order valence-electron chi connectivity index (χ3n) is 5.29. The highest BCUT2D eigenvalue weighted by Crippen LogP contribution is 2.27. The van der Waals surface area contributed by atoms with Gasteiger partial charge in [0.2, 0.25) is 0 Å². The zero-order chi connectivity index (χ0) is 22.0. The number of nitrogens with zero attached hydrogens (tertiary/aromatic N) is 2. The summed E-state index contributed by atoms with van der Waals surface area (Å²) in [5.74, 6) is -0.529. The third kappa shape index (κ3) is 4.63. The number of halogens is 1. The van der Waals surface area contributed by atoms with E-state index < -0.39 is 11.9 Å². The molecule has 158 valence electrons. The zero-order valence-electron chi connectivity index (χ0n) is 16.8. The van der Waals surface area contributed by atoms with E-state index >= 15 is 0 Å². The van der Waals surface area contributed by atoms with Crippen molar-refractivity contribution in [2.75, 3.05) is 17.7 Å². The van der Waals surface area contributed by atoms with Crippen LogP contribution in [-0.4, -0.2) is 40.1 Å². The summed E-state index contributed by atoms with van der Waals surface area (Å²) in [6.07, 6.45) is 0.237. The van der Waals surface area contributed by atoms with Crippen molar-refractivity contribution in [1.82, 2.24) is 9.88 Å². The molecule has 2 amide bonds. The first-order chi connectivity index (χ1) is 14.9. The van der Waals surface area contributed by atoms with Gasteiger partial charge in [0, 0.05) is 24.8 Å². The van der Waals surface area contributed by atoms with Crippen LogP contribution in [0.1, 0.15) is 21.6 Å². The Morgan fingerprint density at radius 2 is 1.74 bits per heavy atom. The van der Waals surface area contributed by atoms with Crippen LogP contribution in [0.3, 0.4) is 0 Å². The van der Waals surface area contributed by atoms with Gasteiger partial charge < -0.3 is 15.3 Å². The number of likely N-dealkylation sites (N-methyl/N-ethyl adjacent to an activating group) is 1. The van der Waals surface area contributed by atoms with Crippen LogP contribution in [0.25, 0.3) is 0 Å². The molecule has 4 rings (SSSR count). The van der Waals surface area contributed by atoms with Crippen molar-refractivity contribution >= 4 is 29.2 Å². The minimum atomic E-state index is -1.26. The molecule has 3 N–H and O–H groups in total. The van der Waals surface area contributed by atoms with Gasteiger partial charge in [-0.2, -0.15) is 0 Å². The van der Waals surface area contributed by atoms with Gasteiger partial charge in [0.05, 0.1) is 5.69 Å². The Bertz CT molecular complexity index is 1130. The number of benzene rings is 2. The SMILES string of the molecule is CN(C(=O)c1cc(NC(=O)O)cc(Nc2cccc(F)c2)n1)C1Cc2ccccc2C1. The van der Waals surface area contributed by atoms with Crippen molar-refractivity contribution in [3.8, 4) is 0 Å². The van der Waals surface area contributed by atoms with Crippen LogP contribution in [0.4, 0.5) is 26.4 Å². The molecule has 0 saturated carbocycles. The van der Waals surface area contributed by atoms with Gasteiger partial charge in [-0.15, -0.1) is 0 Å². The van der Waals surface area contributed by atoms with Gasteiger partial charge >= 0.3 is 6.09 Å². The summed E-state index contributed by atoms with van der Waals surface area (Å²) in [6, 6.07) is 16.7. The molecule has 0 radical (unpaired) electrons. The molecule has 1 aromatic heterocycles. The second-order valence-corrected chi connectivity index (χ2v) is 7.44. The summed E-state index contributed by atoms with van der Waals surface area (Å²) in [6.45, 7) is 0. The number of pyridine rings is 1. The highest BCUT2D eigenvalue weighted by molar-refractivity contribution is 5.95. The van der Waals surface area contributed by atoms with Crippen LogP contribution < -0.4 is 10.6 Å². The molecular weight excluding hydrogens is 399 g/mol. The summed E-state index contributed by atoms with van der Waals surface area (Å²) in [5, 5.41) is 14.3. The highest BCUT2D eigenvalue weighted by atomic mass is 19.1. The number of hydrogen-bond acceptors (Lipinski definition) is 4. The van der Waals surface area contributed by atoms with E-state index in [0.29, 0.717) is 5.69 Å². The van der Waals surface area contributed by atoms with Gasteiger partial charge in [0.1, 0.15) is 17.3 Å². The lowest BCUT2D eigenvalue weighted by molar-refractivity contribution is 0.0732. The van der Waals surface area contributed by atoms with E-state index in [1.807, 2.05) is 12.1 Å². The molecule has 0 fully saturated rings. The van der Waals surface area contributed by atoms with Gasteiger partial charge in [-0.3, -0.25) is 10.1 Å². The maximum atomic E-state index is 13.5. The topological polar surface area (TPSA) is 94.6 Å². The second-order valence-electron chi connectivity index (χ2n) is 7.44. The average Bonchev–Trinajstić information content (AvgIpc) is 3.16. The lowest BCUT2D eigenvalue weighted by Crippen LogP contribution is -2.38. The number of aromatic nitrogens is 1. The Balaban J connectivity index is 1.60. The Kier molecular flexibility index (Phi) is 5.53. The molecule has 1 aliphatic rings. The van der Waals surface area contributed by atoms with Crippen LogP contribution in [0, 0.1) is 5.82 Å². The van der Waals surface area contributed by atoms with Crippen LogP contribution in [0.5, 0.6) is 0 Å². The first kappa shape index (κ1) is 20.3. The Labute approximate surface area is 178 Å². The maximum absolute atomic E-state index is 13.5. The van der Waals surface area contributed by atoms with E-state index in [4.69, 9.17) is 5.11 Å². The number of carboxylic acid groups (broad SMARTS) is 1. The monoisotopic (exact) mass is 420 g/mol. The lowest BCUT2D eigenvalue weighted by atomic mass is 10.1. The first-order valence-electron chi connectivity index (χ1n) is 9.77. The number of carbonyl (C=O) groups excluding carboxylic acids is 1. The number of rotatable bonds is 5. The predicted octanol–water partition coefficient (Wildman–Crippen LogP) is 4.29. The molecule has 0 bridgehead atoms. The Morgan fingerprint density at radius 3 is 2.39 bits per heavy atom. The quantitative estimate of drug-likeness (QED) is 0.572. The second kappa shape index (κ2) is 8.43. The molecule has 1 heterocycles. The smallest absolute Gasteiger partial charge is 0.409 e. The van der Waals surface area contributed by atoms with Crippen molar-refractivity contribution in [2.45, 2.75) is 18.9 Å². The molecule has 8 heteroatoms. The largest absolute Gasteiger partial charge is 0.465 e. The minimum absolute atomic E-state index is 0.0117. The summed E-state index contributed by atoms with van der Waals surface area (Å²) in [5.41, 5.74) is 3.14. The highest BCUT2D eigenvalue weighted by Gasteiger charge is 2.28. The predicted molar refractivity (Wildman–Crippen MR) is 115 cm³/mol. The molecule has 2 aromatic carbocycles. The fourth-order valence-corrected chi connectivity index (χ4v) is 3.77. The molecular formula is C23H21FN4O3. The molecule has 31 heavy (non-hydrogen) atoms. The number of hydrogen-bond donors (Lipinski definition) is 3. The van der Waals surface area contributed by atoms with Gasteiger partial charge in [-0.05, 0) is 48.2 Å². The van der Waals surface area contributed by atoms with Crippen molar-refractivity contribution in [1.29, 1.82) is 0 Å². The summed E-state index contributed by atoms with van der Waals surface area (Å²) < 4.78 is 13.5. The molecule has 1 aliphatic carbocycles. The van der Waals surface area contributed by atoms with Crippen LogP contribution in [0.2, 0.25) is 0 Å². The zero-order valence-corrected chi connectivity index (χ0v) is 16.8. The molecule has 0 unspecified atom stereocenters. The summed E-state index contributed by atoms with van der Waals surface area (Å²) in [4.78, 5) is 30.3. The van der Waals surface area contributed by atoms with Gasteiger partial charge in [-0.1, -0.05) is 30.3 Å². The molecule has 0 spiro atoms. The van der Waals surface area contributed by atoms with Crippen molar-refractivity contribution in [2.24, 2.45) is 0 Å². The molecule has 3 aromatic rings. The first-order valence-corrected chi connectivity index (χ1v) is 9.77. The number of nitrogens with one attached hydrogen (secondary N) is 2. The fraction of sp³-hybridized carbons (Fsp3) is 0.174. The van der Waals surface area contributed by atoms with Gasteiger partial charge in [-0.25, -0.2) is 14.2 Å². The number of fused-ring (bicyclic) bond motifs is 1. The van der Waals surface area contributed by atoms with Crippen molar-refractivity contribution in [3.63, 3.8) is 0 Å². The average molecular weight is 420 g/mol. The van der Waals surface area contributed by atoms with E-state index in [0.717, 1.165) is 12.8 Å². The van der Waals surface area contributed by atoms with Crippen molar-refractivity contribution < 1.29 is 19.1 Å². The molecule has 7 nitrogen and oxygen atoms in total. The molecule has 0 atom stereocenters.